The van der Waals surface area contributed by atoms with Crippen molar-refractivity contribution in [3.05, 3.63) is 35.2 Å². The number of amides is 1. The molecule has 7 heteroatoms. The van der Waals surface area contributed by atoms with Gasteiger partial charge in [-0.25, -0.2) is 8.42 Å². The van der Waals surface area contributed by atoms with E-state index >= 15 is 0 Å². The Bertz CT molecular complexity index is 661. The van der Waals surface area contributed by atoms with E-state index in [9.17, 15) is 18.0 Å². The predicted octanol–water partition coefficient (Wildman–Crippen LogP) is 0.705. The van der Waals surface area contributed by atoms with Gasteiger partial charge in [-0.15, -0.1) is 0 Å². The minimum Gasteiger partial charge on any atom is -0.366 e. The van der Waals surface area contributed by atoms with Crippen LogP contribution in [0.25, 0.3) is 0 Å². The Labute approximate surface area is 102 Å². The van der Waals surface area contributed by atoms with E-state index in [0.29, 0.717) is 4.90 Å². The summed E-state index contributed by atoms with van der Waals surface area (Å²) in [6.45, 7) is 3.39. The molecule has 1 heterocycles. The highest BCUT2D eigenvalue weighted by Gasteiger charge is 2.35. The molecule has 0 spiro atoms. The van der Waals surface area contributed by atoms with Crippen molar-refractivity contribution in [1.29, 1.82) is 0 Å². The van der Waals surface area contributed by atoms with E-state index in [1.54, 1.807) is 0 Å². The molecule has 0 radical (unpaired) electrons. The Morgan fingerprint density at radius 3 is 2.59 bits per heavy atom. The third-order valence-electron chi connectivity index (χ3n) is 2.22. The second-order valence-electron chi connectivity index (χ2n) is 3.34. The van der Waals surface area contributed by atoms with E-state index in [-0.39, 0.29) is 15.4 Å². The maximum absolute atomic E-state index is 11.8. The summed E-state index contributed by atoms with van der Waals surface area (Å²) in [5.74, 6) is -0.746. The second-order valence-corrected chi connectivity index (χ2v) is 6.30. The third-order valence-corrected chi connectivity index (χ3v) is 5.14. The highest BCUT2D eigenvalue weighted by Crippen LogP contribution is 2.39. The number of rotatable bonds is 1. The number of hydrogen-bond donors (Lipinski definition) is 1. The molecule has 1 aromatic carbocycles. The molecule has 1 aliphatic heterocycles. The van der Waals surface area contributed by atoms with Crippen LogP contribution in [0.5, 0.6) is 0 Å². The fourth-order valence-corrected chi connectivity index (χ4v) is 4.05. The Morgan fingerprint density at radius 1 is 1.35 bits per heavy atom. The van der Waals surface area contributed by atoms with Crippen LogP contribution in [0.2, 0.25) is 0 Å². The van der Waals surface area contributed by atoms with Gasteiger partial charge in [-0.3, -0.25) is 9.59 Å². The van der Waals surface area contributed by atoms with Crippen molar-refractivity contribution in [2.45, 2.75) is 9.79 Å². The molecule has 88 valence electrons. The highest BCUT2D eigenvalue weighted by molar-refractivity contribution is 8.14. The number of fused-ring (bicyclic) bond motifs is 1. The standard InChI is InChI=1S/C10H7NO4S2/c1-5-10(13)17(14,15)8-4-6(9(11)12)2-3-7(8)16-5/h2-4H,1H2,(H2,11,12). The van der Waals surface area contributed by atoms with Crippen molar-refractivity contribution in [3.63, 3.8) is 0 Å². The van der Waals surface area contributed by atoms with Gasteiger partial charge >= 0.3 is 0 Å². The maximum atomic E-state index is 11.8. The van der Waals surface area contributed by atoms with Crippen LogP contribution in [0, 0.1) is 0 Å². The zero-order chi connectivity index (χ0) is 12.8. The van der Waals surface area contributed by atoms with Crippen molar-refractivity contribution in [3.8, 4) is 0 Å². The van der Waals surface area contributed by atoms with Gasteiger partial charge in [0.25, 0.3) is 5.12 Å². The fraction of sp³-hybridized carbons (Fsp3) is 0. The molecule has 0 fully saturated rings. The van der Waals surface area contributed by atoms with Crippen molar-refractivity contribution in [1.82, 2.24) is 0 Å². The highest BCUT2D eigenvalue weighted by atomic mass is 32.2. The van der Waals surface area contributed by atoms with E-state index in [4.69, 9.17) is 5.73 Å². The van der Waals surface area contributed by atoms with Gasteiger partial charge in [-0.2, -0.15) is 0 Å². The molecule has 0 saturated heterocycles. The van der Waals surface area contributed by atoms with Crippen LogP contribution < -0.4 is 5.73 Å². The van der Waals surface area contributed by atoms with E-state index < -0.39 is 20.9 Å². The quantitative estimate of drug-likeness (QED) is 0.757. The molecular formula is C10H7NO4S2. The molecule has 0 aliphatic carbocycles. The zero-order valence-electron chi connectivity index (χ0n) is 8.47. The topological polar surface area (TPSA) is 94.3 Å². The predicted molar refractivity (Wildman–Crippen MR) is 62.1 cm³/mol. The summed E-state index contributed by atoms with van der Waals surface area (Å²) in [7, 11) is -4.09. The number of sulfone groups is 1. The molecule has 1 aliphatic rings. The van der Waals surface area contributed by atoms with Crippen LogP contribution in [-0.4, -0.2) is 19.4 Å². The minimum absolute atomic E-state index is 0.0493. The summed E-state index contributed by atoms with van der Waals surface area (Å²) in [4.78, 5) is 22.6. The van der Waals surface area contributed by atoms with Crippen LogP contribution in [0.4, 0.5) is 0 Å². The van der Waals surface area contributed by atoms with Gasteiger partial charge in [0.05, 0.1) is 9.80 Å². The van der Waals surface area contributed by atoms with E-state index in [1.165, 1.54) is 12.1 Å². The zero-order valence-corrected chi connectivity index (χ0v) is 10.1. The SMILES string of the molecule is C=C1Sc2ccc(C(N)=O)cc2S(=O)(=O)C1=O. The number of thioether (sulfide) groups is 1. The van der Waals surface area contributed by atoms with Crippen molar-refractivity contribution >= 4 is 32.6 Å². The normalized spacial score (nSPS) is 17.6. The van der Waals surface area contributed by atoms with Gasteiger partial charge in [-0.1, -0.05) is 18.3 Å². The molecule has 1 aromatic rings. The van der Waals surface area contributed by atoms with E-state index in [0.717, 1.165) is 17.8 Å². The van der Waals surface area contributed by atoms with Gasteiger partial charge in [0.2, 0.25) is 15.7 Å². The van der Waals surface area contributed by atoms with Gasteiger partial charge < -0.3 is 5.73 Å². The first kappa shape index (κ1) is 11.9. The molecule has 2 N–H and O–H groups in total. The molecule has 5 nitrogen and oxygen atoms in total. The third kappa shape index (κ3) is 1.77. The first-order valence-corrected chi connectivity index (χ1v) is 6.74. The first-order valence-electron chi connectivity index (χ1n) is 4.44. The van der Waals surface area contributed by atoms with Gasteiger partial charge in [0.1, 0.15) is 0 Å². The molecule has 17 heavy (non-hydrogen) atoms. The summed E-state index contributed by atoms with van der Waals surface area (Å²) in [5.41, 5.74) is 5.10. The number of hydrogen-bond acceptors (Lipinski definition) is 5. The Morgan fingerprint density at radius 2 is 2.00 bits per heavy atom. The number of benzene rings is 1. The molecule has 0 bridgehead atoms. The Hall–Kier alpha value is -1.60. The summed E-state index contributed by atoms with van der Waals surface area (Å²) >= 11 is 0.967. The summed E-state index contributed by atoms with van der Waals surface area (Å²) < 4.78 is 23.6. The van der Waals surface area contributed by atoms with Crippen LogP contribution in [0.3, 0.4) is 0 Å². The molecule has 2 rings (SSSR count). The van der Waals surface area contributed by atoms with Crippen molar-refractivity contribution < 1.29 is 18.0 Å². The van der Waals surface area contributed by atoms with Crippen LogP contribution in [0.1, 0.15) is 10.4 Å². The lowest BCUT2D eigenvalue weighted by Crippen LogP contribution is -2.21. The van der Waals surface area contributed by atoms with Crippen LogP contribution in [0.15, 0.2) is 39.5 Å². The lowest BCUT2D eigenvalue weighted by atomic mass is 10.2. The maximum Gasteiger partial charge on any atom is 0.287 e. The lowest BCUT2D eigenvalue weighted by molar-refractivity contribution is -0.108. The summed E-state index contributed by atoms with van der Waals surface area (Å²) in [5, 5.41) is -1.03. The van der Waals surface area contributed by atoms with Gasteiger partial charge in [-0.05, 0) is 18.2 Å². The molecular weight excluding hydrogens is 262 g/mol. The summed E-state index contributed by atoms with van der Waals surface area (Å²) in [6.07, 6.45) is 0. The molecule has 0 atom stereocenters. The number of primary amides is 1. The first-order chi connectivity index (χ1) is 7.84. The molecule has 0 unspecified atom stereocenters. The lowest BCUT2D eigenvalue weighted by Gasteiger charge is -2.16. The average Bonchev–Trinajstić information content (AvgIpc) is 2.26. The smallest absolute Gasteiger partial charge is 0.287 e. The second kappa shape index (κ2) is 3.71. The summed E-state index contributed by atoms with van der Waals surface area (Å²) in [6, 6.07) is 3.96. The number of carbonyl (C=O) groups is 2. The Balaban J connectivity index is 2.74. The molecule has 1 amide bonds. The minimum atomic E-state index is -4.09. The van der Waals surface area contributed by atoms with E-state index in [2.05, 4.69) is 6.58 Å². The fourth-order valence-electron chi connectivity index (χ4n) is 1.38. The largest absolute Gasteiger partial charge is 0.366 e. The number of carbonyl (C=O) groups excluding carboxylic acids is 2. The van der Waals surface area contributed by atoms with Crippen LogP contribution >= 0.6 is 11.8 Å². The number of nitrogens with two attached hydrogens (primary N) is 1. The molecule has 0 aromatic heterocycles. The molecule has 0 saturated carbocycles. The van der Waals surface area contributed by atoms with Crippen molar-refractivity contribution in [2.75, 3.05) is 0 Å². The van der Waals surface area contributed by atoms with Gasteiger partial charge in [0.15, 0.2) is 0 Å². The monoisotopic (exact) mass is 269 g/mol. The average molecular weight is 269 g/mol. The Kier molecular flexibility index (Phi) is 2.59. The van der Waals surface area contributed by atoms with Crippen LogP contribution in [-0.2, 0) is 14.6 Å². The van der Waals surface area contributed by atoms with Crippen molar-refractivity contribution in [2.24, 2.45) is 5.73 Å². The van der Waals surface area contributed by atoms with E-state index in [1.807, 2.05) is 0 Å². The van der Waals surface area contributed by atoms with Gasteiger partial charge in [0, 0.05) is 10.5 Å².